The lowest BCUT2D eigenvalue weighted by atomic mass is 10.1. The second-order valence-electron chi connectivity index (χ2n) is 12.5. The Morgan fingerprint density at radius 3 is 1.63 bits per heavy atom. The number of ether oxygens (including phenoxy) is 4. The minimum atomic E-state index is -7.95. The predicted molar refractivity (Wildman–Crippen MR) is 168 cm³/mol. The predicted octanol–water partition coefficient (Wildman–Crippen LogP) is 11.6. The van der Waals surface area contributed by atoms with E-state index < -0.39 is 67.6 Å². The molecule has 2 aromatic carbocycles. The molecule has 0 fully saturated rings. The molecule has 0 saturated heterocycles. The van der Waals surface area contributed by atoms with Crippen LogP contribution in [0.1, 0.15) is 56.6 Å². The average molecular weight is 851 g/mol. The van der Waals surface area contributed by atoms with Crippen LogP contribution in [-0.4, -0.2) is 71.8 Å². The van der Waals surface area contributed by atoms with Crippen molar-refractivity contribution in [1.82, 2.24) is 9.97 Å². The summed E-state index contributed by atoms with van der Waals surface area (Å²) >= 11 is 0. The van der Waals surface area contributed by atoms with E-state index in [2.05, 4.69) is 26.4 Å². The van der Waals surface area contributed by atoms with Crippen LogP contribution in [0.2, 0.25) is 0 Å². The van der Waals surface area contributed by atoms with Crippen LogP contribution in [0, 0.1) is 0 Å². The maximum absolute atomic E-state index is 14.6. The van der Waals surface area contributed by atoms with Gasteiger partial charge in [0.15, 0.2) is 12.4 Å². The summed E-state index contributed by atoms with van der Waals surface area (Å²) in [7, 11) is 0. The molecule has 6 nitrogen and oxygen atoms in total. The van der Waals surface area contributed by atoms with Crippen molar-refractivity contribution >= 4 is 0 Å². The van der Waals surface area contributed by atoms with E-state index in [9.17, 15) is 70.2 Å². The summed E-state index contributed by atoms with van der Waals surface area (Å²) in [6.45, 7) is -0.697. The number of aromatic nitrogens is 2. The number of halogens is 16. The Hall–Kier alpha value is -4.08. The average Bonchev–Trinajstić information content (AvgIpc) is 3.11. The third-order valence-corrected chi connectivity index (χ3v) is 7.84. The van der Waals surface area contributed by atoms with E-state index in [1.165, 1.54) is 25.7 Å². The molecule has 0 aliphatic carbocycles. The van der Waals surface area contributed by atoms with Gasteiger partial charge in [0.1, 0.15) is 24.3 Å². The van der Waals surface area contributed by atoms with Gasteiger partial charge in [-0.2, -0.15) is 65.9 Å². The maximum Gasteiger partial charge on any atom is 0.460 e. The molecule has 0 amide bonds. The molecule has 0 aliphatic heterocycles. The zero-order valence-electron chi connectivity index (χ0n) is 29.5. The number of alkyl halides is 16. The van der Waals surface area contributed by atoms with Crippen molar-refractivity contribution in [3.05, 3.63) is 72.1 Å². The first-order valence-corrected chi connectivity index (χ1v) is 16.9. The minimum absolute atomic E-state index is 0.214. The number of aryl methyl sites for hydroxylation is 1. The molecule has 0 spiro atoms. The largest absolute Gasteiger partial charge is 0.491 e. The van der Waals surface area contributed by atoms with E-state index in [1.54, 1.807) is 41.4 Å². The molecular weight excluding hydrogens is 816 g/mol. The Morgan fingerprint density at radius 1 is 0.561 bits per heavy atom. The van der Waals surface area contributed by atoms with Crippen LogP contribution in [0.15, 0.2) is 60.9 Å². The lowest BCUT2D eigenvalue weighted by Gasteiger charge is -2.36. The van der Waals surface area contributed by atoms with Crippen molar-refractivity contribution in [2.75, 3.05) is 13.2 Å². The van der Waals surface area contributed by atoms with E-state index in [4.69, 9.17) is 4.74 Å². The molecule has 1 heterocycles. The summed E-state index contributed by atoms with van der Waals surface area (Å²) in [5.74, 6) is -15.6. The van der Waals surface area contributed by atoms with E-state index in [1.807, 2.05) is 0 Å². The highest BCUT2D eigenvalue weighted by atomic mass is 19.4. The van der Waals surface area contributed by atoms with Crippen LogP contribution in [0.5, 0.6) is 11.5 Å². The molecule has 3 rings (SSSR count). The molecule has 3 aromatic rings. The van der Waals surface area contributed by atoms with Gasteiger partial charge in [0, 0.05) is 24.4 Å². The molecule has 1 atom stereocenters. The van der Waals surface area contributed by atoms with Gasteiger partial charge in [-0.1, -0.05) is 51.2 Å². The minimum Gasteiger partial charge on any atom is -0.491 e. The summed E-state index contributed by atoms with van der Waals surface area (Å²) in [6.07, 6.45) is -25.9. The molecule has 320 valence electrons. The molecular formula is C35H34F16N2O4. The van der Waals surface area contributed by atoms with Crippen LogP contribution in [0.25, 0.3) is 11.4 Å². The van der Waals surface area contributed by atoms with Crippen LogP contribution in [-0.2, 0) is 22.3 Å². The van der Waals surface area contributed by atoms with Gasteiger partial charge in [0.05, 0.1) is 0 Å². The number of unbranched alkanes of at least 4 members (excludes halogenated alkanes) is 5. The van der Waals surface area contributed by atoms with Crippen LogP contribution >= 0.6 is 0 Å². The summed E-state index contributed by atoms with van der Waals surface area (Å²) in [6, 6.07) is 10.4. The molecule has 57 heavy (non-hydrogen) atoms. The third kappa shape index (κ3) is 12.7. The van der Waals surface area contributed by atoms with Crippen LogP contribution < -0.4 is 9.47 Å². The number of hydrogen-bond donors (Lipinski definition) is 0. The Morgan fingerprint density at radius 2 is 1.07 bits per heavy atom. The molecule has 0 bridgehead atoms. The fraction of sp³-hybridized carbons (Fsp3) is 0.543. The third-order valence-electron chi connectivity index (χ3n) is 7.84. The Balaban J connectivity index is 1.47. The topological polar surface area (TPSA) is 62.7 Å². The van der Waals surface area contributed by atoms with E-state index in [0.717, 1.165) is 49.1 Å². The van der Waals surface area contributed by atoms with Gasteiger partial charge in [-0.15, -0.1) is 0 Å². The highest BCUT2D eigenvalue weighted by Gasteiger charge is 2.85. The number of benzene rings is 2. The summed E-state index contributed by atoms with van der Waals surface area (Å²) in [5.41, 5.74) is 1.91. The summed E-state index contributed by atoms with van der Waals surface area (Å²) in [4.78, 5) is 8.79. The van der Waals surface area contributed by atoms with Crippen molar-refractivity contribution in [2.45, 2.75) is 107 Å². The first-order chi connectivity index (χ1) is 26.2. The molecule has 1 unspecified atom stereocenters. The monoisotopic (exact) mass is 850 g/mol. The van der Waals surface area contributed by atoms with Gasteiger partial charge in [0.2, 0.25) is 0 Å². The first-order valence-electron chi connectivity index (χ1n) is 16.9. The number of hydrogen-bond acceptors (Lipinski definition) is 6. The molecule has 0 saturated carbocycles. The van der Waals surface area contributed by atoms with Gasteiger partial charge in [-0.25, -0.2) is 23.8 Å². The lowest BCUT2D eigenvalue weighted by molar-refractivity contribution is -0.542. The molecule has 0 aliphatic rings. The summed E-state index contributed by atoms with van der Waals surface area (Å²) < 4.78 is 226. The normalized spacial score (nSPS) is 14.1. The Bertz CT molecular complexity index is 1670. The number of rotatable bonds is 23. The van der Waals surface area contributed by atoms with E-state index >= 15 is 0 Å². The van der Waals surface area contributed by atoms with Crippen molar-refractivity contribution in [2.24, 2.45) is 0 Å². The first kappa shape index (κ1) is 47.3. The van der Waals surface area contributed by atoms with Crippen molar-refractivity contribution in [3.8, 4) is 22.9 Å². The Kier molecular flexibility index (Phi) is 15.5. The van der Waals surface area contributed by atoms with Crippen LogP contribution in [0.4, 0.5) is 70.2 Å². The second-order valence-corrected chi connectivity index (χ2v) is 12.5. The highest BCUT2D eigenvalue weighted by Crippen LogP contribution is 2.56. The Labute approximate surface area is 314 Å². The molecule has 0 N–H and O–H groups in total. The van der Waals surface area contributed by atoms with Gasteiger partial charge in [-0.05, 0) is 60.4 Å². The van der Waals surface area contributed by atoms with Crippen LogP contribution in [0.3, 0.4) is 0 Å². The maximum atomic E-state index is 14.6. The molecule has 22 heteroatoms. The second kappa shape index (κ2) is 18.7. The SMILES string of the molecule is CCCCCCCCc1cnc(-c2ccc(OCC(F)Cc3ccc(OCC(F)(F)OC(F)(F)C(F)(F)OC(F)(F)C(F)(F)C(F)(F)C(F)(F)F)cc3)cc2)nc1. The van der Waals surface area contributed by atoms with Crippen molar-refractivity contribution in [3.63, 3.8) is 0 Å². The fourth-order valence-electron chi connectivity index (χ4n) is 4.75. The smallest absolute Gasteiger partial charge is 0.460 e. The summed E-state index contributed by atoms with van der Waals surface area (Å²) in [5, 5.41) is 0. The van der Waals surface area contributed by atoms with Crippen molar-refractivity contribution < 1.29 is 89.2 Å². The van der Waals surface area contributed by atoms with Gasteiger partial charge in [0.25, 0.3) is 0 Å². The van der Waals surface area contributed by atoms with Crippen molar-refractivity contribution in [1.29, 1.82) is 0 Å². The van der Waals surface area contributed by atoms with E-state index in [-0.39, 0.29) is 12.0 Å². The lowest BCUT2D eigenvalue weighted by Crippen LogP contribution is -2.64. The number of nitrogens with zero attached hydrogens (tertiary/aromatic N) is 2. The van der Waals surface area contributed by atoms with Gasteiger partial charge < -0.3 is 9.47 Å². The van der Waals surface area contributed by atoms with Gasteiger partial charge >= 0.3 is 42.5 Å². The standard InChI is InChI=1S/C35H34F16N2O4/c1-2-3-4-5-6-7-8-23-18-52-28(53-19-23)24-11-15-26(16-12-24)54-20-25(36)17-22-9-13-27(14-10-22)55-21-29(37,38)56-34(48,49)35(50,51)57-33(46,47)31(41,42)30(39,40)32(43,44)45/h9-16,18-19,25H,2-8,17,20-21H2,1H3. The zero-order chi connectivity index (χ0) is 42.9. The highest BCUT2D eigenvalue weighted by molar-refractivity contribution is 5.55. The quantitative estimate of drug-likeness (QED) is 0.0700. The zero-order valence-corrected chi connectivity index (χ0v) is 29.5. The molecule has 0 radical (unpaired) electrons. The fourth-order valence-corrected chi connectivity index (χ4v) is 4.75. The van der Waals surface area contributed by atoms with Gasteiger partial charge in [-0.3, -0.25) is 0 Å². The van der Waals surface area contributed by atoms with E-state index in [0.29, 0.717) is 17.1 Å². The molecule has 1 aromatic heterocycles.